The molecule has 12 heteroatoms. The molecule has 2 fully saturated rings. The summed E-state index contributed by atoms with van der Waals surface area (Å²) in [6.07, 6.45) is -6.45. The van der Waals surface area contributed by atoms with Gasteiger partial charge in [-0.2, -0.15) is 0 Å². The summed E-state index contributed by atoms with van der Waals surface area (Å²) in [6.45, 7) is 5.54. The largest absolute Gasteiger partial charge is 0.393 e. The van der Waals surface area contributed by atoms with E-state index in [2.05, 4.69) is 0 Å². The summed E-state index contributed by atoms with van der Waals surface area (Å²) in [5.41, 5.74) is -3.31. The van der Waals surface area contributed by atoms with Crippen LogP contribution in [0.1, 0.15) is 34.1 Å². The van der Waals surface area contributed by atoms with Crippen LogP contribution in [-0.2, 0) is 18.9 Å². The fraction of sp³-hybridized carbons (Fsp3) is 0.833. The van der Waals surface area contributed by atoms with Crippen molar-refractivity contribution in [2.45, 2.75) is 101 Å². The van der Waals surface area contributed by atoms with Crippen LogP contribution in [0.15, 0.2) is 23.8 Å². The van der Waals surface area contributed by atoms with E-state index in [0.717, 1.165) is 0 Å². The number of rotatable bonds is 8. The van der Waals surface area contributed by atoms with Crippen LogP contribution in [0.5, 0.6) is 0 Å². The lowest BCUT2D eigenvalue weighted by molar-refractivity contribution is -0.314. The Morgan fingerprint density at radius 2 is 1.75 bits per heavy atom. The van der Waals surface area contributed by atoms with E-state index in [4.69, 9.17) is 18.9 Å². The molecule has 0 spiro atoms. The van der Waals surface area contributed by atoms with Crippen LogP contribution >= 0.6 is 0 Å². The quantitative estimate of drug-likeness (QED) is 0.159. The van der Waals surface area contributed by atoms with Crippen molar-refractivity contribution >= 4 is 0 Å². The third-order valence-electron chi connectivity index (χ3n) is 7.42. The van der Waals surface area contributed by atoms with Gasteiger partial charge >= 0.3 is 0 Å². The molecule has 0 radical (unpaired) electrons. The molecule has 3 aliphatic rings. The molecule has 1 aliphatic carbocycles. The molecule has 0 amide bonds. The normalized spacial score (nSPS) is 46.2. The summed E-state index contributed by atoms with van der Waals surface area (Å²) >= 11 is 0. The van der Waals surface area contributed by atoms with Gasteiger partial charge in [0.2, 0.25) is 0 Å². The number of ether oxygens (including phenoxy) is 4. The maximum atomic E-state index is 11.3. The van der Waals surface area contributed by atoms with E-state index in [1.54, 1.807) is 32.1 Å². The molecule has 2 heterocycles. The molecule has 3 rings (SSSR count). The molecule has 12 nitrogen and oxygen atoms in total. The summed E-state index contributed by atoms with van der Waals surface area (Å²) in [4.78, 5) is 0. The lowest BCUT2D eigenvalue weighted by Gasteiger charge is -2.46. The van der Waals surface area contributed by atoms with Gasteiger partial charge in [0.25, 0.3) is 0 Å². The zero-order valence-electron chi connectivity index (χ0n) is 21.0. The van der Waals surface area contributed by atoms with E-state index in [0.29, 0.717) is 12.0 Å². The van der Waals surface area contributed by atoms with Crippen molar-refractivity contribution in [3.8, 4) is 0 Å². The Kier molecular flexibility index (Phi) is 9.04. The molecule has 2 aliphatic heterocycles. The molecule has 0 bridgehead atoms. The standard InChI is InChI=1S/C24H40O12/c1-12-7-14(26)8-22(3,4)24(12,32)6-5-13(2)35-20-18(29)17(28)16(27)15(36-20)9-33-21-19(30)23(31,10-25)11-34-21/h5-7,13-21,25-32H,8-11H2,1-4H3/b6-5+/t13-,14-,15-,16-,17+,18-,19+,20+,21-,23-,24-/m1/s1. The number of aliphatic hydroxyl groups excluding tert-OH is 6. The van der Waals surface area contributed by atoms with Crippen molar-refractivity contribution < 1.29 is 59.8 Å². The van der Waals surface area contributed by atoms with Gasteiger partial charge in [0.1, 0.15) is 41.7 Å². The van der Waals surface area contributed by atoms with Crippen LogP contribution in [0.2, 0.25) is 0 Å². The van der Waals surface area contributed by atoms with Gasteiger partial charge in [0, 0.05) is 5.41 Å². The van der Waals surface area contributed by atoms with Crippen molar-refractivity contribution in [1.82, 2.24) is 0 Å². The van der Waals surface area contributed by atoms with E-state index in [1.165, 1.54) is 0 Å². The molecule has 8 N–H and O–H groups in total. The first kappa shape index (κ1) is 29.6. The molecule has 0 aromatic carbocycles. The molecule has 0 saturated carbocycles. The Labute approximate surface area is 210 Å². The fourth-order valence-electron chi connectivity index (χ4n) is 4.87. The molecule has 0 aromatic rings. The third-order valence-corrected chi connectivity index (χ3v) is 7.42. The smallest absolute Gasteiger partial charge is 0.187 e. The van der Waals surface area contributed by atoms with E-state index < -0.39 is 85.1 Å². The Balaban J connectivity index is 1.63. The Morgan fingerprint density at radius 3 is 2.33 bits per heavy atom. The lowest BCUT2D eigenvalue weighted by atomic mass is 9.64. The van der Waals surface area contributed by atoms with Crippen LogP contribution in [0.3, 0.4) is 0 Å². The van der Waals surface area contributed by atoms with E-state index in [1.807, 2.05) is 13.8 Å². The molecule has 0 unspecified atom stereocenters. The predicted octanol–water partition coefficient (Wildman–Crippen LogP) is -2.32. The maximum absolute atomic E-state index is 11.3. The van der Waals surface area contributed by atoms with Gasteiger partial charge in [-0.3, -0.25) is 0 Å². The minimum absolute atomic E-state index is 0.353. The predicted molar refractivity (Wildman–Crippen MR) is 123 cm³/mol. The molecule has 208 valence electrons. The van der Waals surface area contributed by atoms with Gasteiger partial charge in [-0.1, -0.05) is 26.0 Å². The average Bonchev–Trinajstić information content (AvgIpc) is 3.09. The molecular formula is C24H40O12. The van der Waals surface area contributed by atoms with E-state index >= 15 is 0 Å². The van der Waals surface area contributed by atoms with Gasteiger partial charge in [0.15, 0.2) is 12.6 Å². The molecule has 11 atom stereocenters. The second-order valence-corrected chi connectivity index (χ2v) is 10.7. The van der Waals surface area contributed by atoms with Crippen LogP contribution in [0, 0.1) is 5.41 Å². The van der Waals surface area contributed by atoms with Gasteiger partial charge in [-0.25, -0.2) is 0 Å². The minimum atomic E-state index is -1.89. The highest BCUT2D eigenvalue weighted by Gasteiger charge is 2.50. The SMILES string of the molecule is CC1=C[C@@H](O)CC(C)(C)[C@@]1(O)/C=C/[C@@H](C)O[C@H]1O[C@H](CO[C@@H]2OC[C@](O)(CO)[C@H]2O)[C@@H](O)[C@H](O)[C@H]1O. The summed E-state index contributed by atoms with van der Waals surface area (Å²) < 4.78 is 21.9. The fourth-order valence-corrected chi connectivity index (χ4v) is 4.87. The third kappa shape index (κ3) is 5.70. The molecule has 2 saturated heterocycles. The van der Waals surface area contributed by atoms with Crippen LogP contribution in [0.25, 0.3) is 0 Å². The highest BCUT2D eigenvalue weighted by molar-refractivity contribution is 5.32. The van der Waals surface area contributed by atoms with Crippen molar-refractivity contribution in [3.63, 3.8) is 0 Å². The monoisotopic (exact) mass is 520 g/mol. The number of aliphatic hydroxyl groups is 8. The molecule has 0 aromatic heterocycles. The van der Waals surface area contributed by atoms with Crippen molar-refractivity contribution in [3.05, 3.63) is 23.8 Å². The van der Waals surface area contributed by atoms with Crippen molar-refractivity contribution in [1.29, 1.82) is 0 Å². The highest BCUT2D eigenvalue weighted by Crippen LogP contribution is 2.45. The zero-order valence-corrected chi connectivity index (χ0v) is 21.0. The van der Waals surface area contributed by atoms with Crippen LogP contribution < -0.4 is 0 Å². The van der Waals surface area contributed by atoms with E-state index in [9.17, 15) is 40.9 Å². The topological polar surface area (TPSA) is 199 Å². The second-order valence-electron chi connectivity index (χ2n) is 10.7. The first-order chi connectivity index (χ1) is 16.6. The first-order valence-electron chi connectivity index (χ1n) is 12.0. The summed E-state index contributed by atoms with van der Waals surface area (Å²) in [5, 5.41) is 81.7. The van der Waals surface area contributed by atoms with Crippen molar-refractivity contribution in [2.24, 2.45) is 5.41 Å². The van der Waals surface area contributed by atoms with Crippen LogP contribution in [-0.4, -0.2) is 127 Å². The van der Waals surface area contributed by atoms with Crippen LogP contribution in [0.4, 0.5) is 0 Å². The van der Waals surface area contributed by atoms with Crippen molar-refractivity contribution in [2.75, 3.05) is 19.8 Å². The second kappa shape index (κ2) is 11.0. The number of hydrogen-bond donors (Lipinski definition) is 8. The van der Waals surface area contributed by atoms with Gasteiger partial charge in [-0.05, 0) is 31.9 Å². The maximum Gasteiger partial charge on any atom is 0.187 e. The molecule has 36 heavy (non-hydrogen) atoms. The van der Waals surface area contributed by atoms with Gasteiger partial charge in [-0.15, -0.1) is 0 Å². The first-order valence-corrected chi connectivity index (χ1v) is 12.0. The summed E-state index contributed by atoms with van der Waals surface area (Å²) in [7, 11) is 0. The highest BCUT2D eigenvalue weighted by atomic mass is 16.7. The minimum Gasteiger partial charge on any atom is -0.393 e. The summed E-state index contributed by atoms with van der Waals surface area (Å²) in [5.74, 6) is 0. The average molecular weight is 521 g/mol. The lowest BCUT2D eigenvalue weighted by Crippen LogP contribution is -2.60. The van der Waals surface area contributed by atoms with E-state index in [-0.39, 0.29) is 6.61 Å². The molecular weight excluding hydrogens is 480 g/mol. The summed E-state index contributed by atoms with van der Waals surface area (Å²) in [6, 6.07) is 0. The Hall–Kier alpha value is -1.00. The zero-order chi connectivity index (χ0) is 27.1. The number of hydrogen-bond acceptors (Lipinski definition) is 12. The Bertz CT molecular complexity index is 817. The van der Waals surface area contributed by atoms with Gasteiger partial charge < -0.3 is 59.8 Å². The van der Waals surface area contributed by atoms with Gasteiger partial charge in [0.05, 0.1) is 32.0 Å². The Morgan fingerprint density at radius 1 is 1.08 bits per heavy atom.